The number of hydrogen-bond acceptors (Lipinski definition) is 3. The van der Waals surface area contributed by atoms with Gasteiger partial charge in [0.15, 0.2) is 10.8 Å². The van der Waals surface area contributed by atoms with Gasteiger partial charge in [-0.1, -0.05) is 0 Å². The first kappa shape index (κ1) is 11.5. The SMILES string of the molecule is ClCc1c(-n2cnc3c2CCCC3)nc2sccn12. The van der Waals surface area contributed by atoms with Crippen LogP contribution in [0.1, 0.15) is 29.9 Å². The molecule has 19 heavy (non-hydrogen) atoms. The Morgan fingerprint density at radius 3 is 3.11 bits per heavy atom. The average Bonchev–Trinajstić information content (AvgIpc) is 3.11. The predicted molar refractivity (Wildman–Crippen MR) is 76.4 cm³/mol. The van der Waals surface area contributed by atoms with Crippen molar-refractivity contribution >= 4 is 27.9 Å². The summed E-state index contributed by atoms with van der Waals surface area (Å²) in [6.07, 6.45) is 8.57. The van der Waals surface area contributed by atoms with Crippen molar-refractivity contribution in [3.8, 4) is 5.82 Å². The Morgan fingerprint density at radius 1 is 1.32 bits per heavy atom. The summed E-state index contributed by atoms with van der Waals surface area (Å²) in [7, 11) is 0. The molecule has 0 N–H and O–H groups in total. The van der Waals surface area contributed by atoms with Crippen molar-refractivity contribution in [2.45, 2.75) is 31.6 Å². The van der Waals surface area contributed by atoms with Crippen molar-refractivity contribution in [3.05, 3.63) is 35.0 Å². The predicted octanol–water partition coefficient (Wildman–Crippen LogP) is 3.20. The van der Waals surface area contributed by atoms with E-state index in [-0.39, 0.29) is 0 Å². The molecule has 0 spiro atoms. The number of aryl methyl sites for hydroxylation is 1. The van der Waals surface area contributed by atoms with Gasteiger partial charge in [-0.3, -0.25) is 8.97 Å². The molecule has 6 heteroatoms. The summed E-state index contributed by atoms with van der Waals surface area (Å²) in [5.41, 5.74) is 3.58. The smallest absolute Gasteiger partial charge is 0.195 e. The molecular formula is C13H13ClN4S. The number of halogens is 1. The Balaban J connectivity index is 1.94. The number of thiazole rings is 1. The van der Waals surface area contributed by atoms with Crippen LogP contribution in [-0.4, -0.2) is 18.9 Å². The van der Waals surface area contributed by atoms with Gasteiger partial charge in [-0.2, -0.15) is 0 Å². The fourth-order valence-corrected chi connectivity index (χ4v) is 3.77. The zero-order valence-electron chi connectivity index (χ0n) is 10.3. The number of alkyl halides is 1. The first-order valence-corrected chi connectivity index (χ1v) is 7.86. The zero-order valence-corrected chi connectivity index (χ0v) is 11.9. The molecule has 0 fully saturated rings. The Labute approximate surface area is 119 Å². The second-order valence-electron chi connectivity index (χ2n) is 4.79. The van der Waals surface area contributed by atoms with Crippen molar-refractivity contribution in [3.63, 3.8) is 0 Å². The van der Waals surface area contributed by atoms with Gasteiger partial charge in [-0.05, 0) is 25.7 Å². The van der Waals surface area contributed by atoms with E-state index in [2.05, 4.69) is 14.0 Å². The monoisotopic (exact) mass is 292 g/mol. The van der Waals surface area contributed by atoms with Crippen LogP contribution in [0, 0.1) is 0 Å². The minimum absolute atomic E-state index is 0.459. The van der Waals surface area contributed by atoms with Gasteiger partial charge in [-0.25, -0.2) is 9.97 Å². The quantitative estimate of drug-likeness (QED) is 0.680. The van der Waals surface area contributed by atoms with Crippen LogP contribution in [0.3, 0.4) is 0 Å². The molecular weight excluding hydrogens is 280 g/mol. The molecule has 0 amide bonds. The molecule has 0 aromatic carbocycles. The van der Waals surface area contributed by atoms with Crippen molar-refractivity contribution in [2.24, 2.45) is 0 Å². The van der Waals surface area contributed by atoms with E-state index in [9.17, 15) is 0 Å². The van der Waals surface area contributed by atoms with E-state index in [0.717, 1.165) is 29.3 Å². The maximum absolute atomic E-state index is 6.12. The number of hydrogen-bond donors (Lipinski definition) is 0. The molecule has 0 atom stereocenters. The molecule has 0 aliphatic heterocycles. The highest BCUT2D eigenvalue weighted by molar-refractivity contribution is 7.15. The normalized spacial score (nSPS) is 15.0. The van der Waals surface area contributed by atoms with Gasteiger partial charge in [0.2, 0.25) is 0 Å². The Hall–Kier alpha value is -1.33. The van der Waals surface area contributed by atoms with E-state index in [1.165, 1.54) is 24.2 Å². The van der Waals surface area contributed by atoms with Crippen molar-refractivity contribution in [2.75, 3.05) is 0 Å². The summed E-state index contributed by atoms with van der Waals surface area (Å²) in [5, 5.41) is 2.03. The Kier molecular flexibility index (Phi) is 2.63. The standard InChI is InChI=1S/C13H13ClN4S/c14-7-11-12(16-13-17(11)5-6-19-13)18-8-15-9-3-1-2-4-10(9)18/h5-6,8H,1-4,7H2. The lowest BCUT2D eigenvalue weighted by Crippen LogP contribution is -2.08. The van der Waals surface area contributed by atoms with Crippen LogP contribution in [0.5, 0.6) is 0 Å². The van der Waals surface area contributed by atoms with Crippen LogP contribution in [0.15, 0.2) is 17.9 Å². The molecule has 3 aromatic heterocycles. The molecule has 1 aliphatic rings. The lowest BCUT2D eigenvalue weighted by atomic mass is 10.0. The molecule has 0 radical (unpaired) electrons. The van der Waals surface area contributed by atoms with E-state index in [1.807, 2.05) is 17.9 Å². The van der Waals surface area contributed by atoms with Crippen LogP contribution in [0.4, 0.5) is 0 Å². The molecule has 3 aromatic rings. The third-order valence-corrected chi connectivity index (χ3v) is 4.73. The average molecular weight is 293 g/mol. The van der Waals surface area contributed by atoms with E-state index in [1.54, 1.807) is 11.3 Å². The first-order valence-electron chi connectivity index (χ1n) is 6.44. The van der Waals surface area contributed by atoms with Crippen LogP contribution < -0.4 is 0 Å². The van der Waals surface area contributed by atoms with E-state index in [4.69, 9.17) is 16.6 Å². The highest BCUT2D eigenvalue weighted by Crippen LogP contribution is 2.27. The molecule has 4 rings (SSSR count). The van der Waals surface area contributed by atoms with Crippen molar-refractivity contribution in [1.82, 2.24) is 18.9 Å². The Bertz CT molecular complexity index is 739. The third-order valence-electron chi connectivity index (χ3n) is 3.72. The van der Waals surface area contributed by atoms with Gasteiger partial charge in [-0.15, -0.1) is 22.9 Å². The Morgan fingerprint density at radius 2 is 2.21 bits per heavy atom. The van der Waals surface area contributed by atoms with E-state index < -0.39 is 0 Å². The number of imidazole rings is 2. The lowest BCUT2D eigenvalue weighted by Gasteiger charge is -2.13. The van der Waals surface area contributed by atoms with Crippen LogP contribution >= 0.6 is 22.9 Å². The van der Waals surface area contributed by atoms with Crippen molar-refractivity contribution in [1.29, 1.82) is 0 Å². The van der Waals surface area contributed by atoms with Gasteiger partial charge < -0.3 is 0 Å². The molecule has 0 unspecified atom stereocenters. The third kappa shape index (κ3) is 1.65. The zero-order chi connectivity index (χ0) is 12.8. The summed E-state index contributed by atoms with van der Waals surface area (Å²) in [6.45, 7) is 0. The molecule has 0 saturated carbocycles. The topological polar surface area (TPSA) is 35.1 Å². The number of fused-ring (bicyclic) bond motifs is 2. The van der Waals surface area contributed by atoms with E-state index in [0.29, 0.717) is 5.88 Å². The second-order valence-corrected chi connectivity index (χ2v) is 5.93. The summed E-state index contributed by atoms with van der Waals surface area (Å²) in [6, 6.07) is 0. The van der Waals surface area contributed by atoms with Crippen LogP contribution in [0.2, 0.25) is 0 Å². The van der Waals surface area contributed by atoms with Gasteiger partial charge in [0.1, 0.15) is 6.33 Å². The fourth-order valence-electron chi connectivity index (χ4n) is 2.79. The minimum atomic E-state index is 0.459. The molecule has 4 nitrogen and oxygen atoms in total. The van der Waals surface area contributed by atoms with Gasteiger partial charge >= 0.3 is 0 Å². The van der Waals surface area contributed by atoms with Gasteiger partial charge in [0, 0.05) is 17.3 Å². The van der Waals surface area contributed by atoms with Gasteiger partial charge in [0.25, 0.3) is 0 Å². The fraction of sp³-hybridized carbons (Fsp3) is 0.385. The minimum Gasteiger partial charge on any atom is -0.291 e. The summed E-state index contributed by atoms with van der Waals surface area (Å²) < 4.78 is 4.20. The molecule has 1 aliphatic carbocycles. The maximum atomic E-state index is 6.12. The molecule has 0 saturated heterocycles. The summed E-state index contributed by atoms with van der Waals surface area (Å²) in [4.78, 5) is 10.2. The highest BCUT2D eigenvalue weighted by Gasteiger charge is 2.20. The largest absolute Gasteiger partial charge is 0.291 e. The van der Waals surface area contributed by atoms with E-state index >= 15 is 0 Å². The number of nitrogens with zero attached hydrogens (tertiary/aromatic N) is 4. The van der Waals surface area contributed by atoms with Crippen LogP contribution in [-0.2, 0) is 18.7 Å². The lowest BCUT2D eigenvalue weighted by molar-refractivity contribution is 0.654. The maximum Gasteiger partial charge on any atom is 0.195 e. The molecule has 98 valence electrons. The molecule has 0 bridgehead atoms. The summed E-state index contributed by atoms with van der Waals surface area (Å²) >= 11 is 7.75. The first-order chi connectivity index (χ1) is 9.38. The van der Waals surface area contributed by atoms with Crippen LogP contribution in [0.25, 0.3) is 10.8 Å². The van der Waals surface area contributed by atoms with Crippen molar-refractivity contribution < 1.29 is 0 Å². The number of aromatic nitrogens is 4. The van der Waals surface area contributed by atoms with Gasteiger partial charge in [0.05, 0.1) is 17.3 Å². The number of rotatable bonds is 2. The summed E-state index contributed by atoms with van der Waals surface area (Å²) in [5.74, 6) is 1.40. The molecule has 3 heterocycles. The highest BCUT2D eigenvalue weighted by atomic mass is 35.5. The second kappa shape index (κ2) is 4.35.